The maximum atomic E-state index is 11.9. The molecule has 1 fully saturated rings. The van der Waals surface area contributed by atoms with Gasteiger partial charge >= 0.3 is 0 Å². The van der Waals surface area contributed by atoms with Crippen LogP contribution in [-0.4, -0.2) is 62.9 Å². The molecule has 1 aromatic carbocycles. The molecule has 1 aliphatic rings. The van der Waals surface area contributed by atoms with Gasteiger partial charge in [0.2, 0.25) is 0 Å². The van der Waals surface area contributed by atoms with Gasteiger partial charge in [0.05, 0.1) is 32.2 Å². The van der Waals surface area contributed by atoms with E-state index >= 15 is 0 Å². The Morgan fingerprint density at radius 3 is 2.52 bits per heavy atom. The number of rotatable bonds is 8. The number of hydrogen-bond acceptors (Lipinski definition) is 7. The van der Waals surface area contributed by atoms with Gasteiger partial charge in [-0.2, -0.15) is 0 Å². The van der Waals surface area contributed by atoms with Gasteiger partial charge in [-0.15, -0.1) is 0 Å². The molecule has 0 aliphatic carbocycles. The van der Waals surface area contributed by atoms with Crippen molar-refractivity contribution in [3.05, 3.63) is 34.4 Å². The lowest BCUT2D eigenvalue weighted by Gasteiger charge is -2.29. The predicted octanol–water partition coefficient (Wildman–Crippen LogP) is 1.38. The van der Waals surface area contributed by atoms with Crippen LogP contribution in [0.5, 0.6) is 0 Å². The quantitative estimate of drug-likeness (QED) is 0.293. The van der Waals surface area contributed by atoms with Crippen molar-refractivity contribution in [2.24, 2.45) is 0 Å². The zero-order chi connectivity index (χ0) is 18.7. The van der Waals surface area contributed by atoms with Crippen LogP contribution in [0.1, 0.15) is 6.42 Å². The molecule has 10 heteroatoms. The molecule has 1 aromatic rings. The highest BCUT2D eigenvalue weighted by Crippen LogP contribution is 2.41. The number of nitro groups is 1. The standard InChI is InChI=1S/C15H24N3O6P/c1-18(2,3)10-11-23-25(21,22)24-15-8-9-16(12-15)13-4-6-14(7-5-13)17(19)20/h4-7,15H,8-12H2,1-3H3. The van der Waals surface area contributed by atoms with Crippen molar-refractivity contribution in [1.29, 1.82) is 0 Å². The van der Waals surface area contributed by atoms with Crippen LogP contribution in [0.4, 0.5) is 11.4 Å². The van der Waals surface area contributed by atoms with Crippen molar-refractivity contribution in [3.8, 4) is 0 Å². The first kappa shape index (κ1) is 19.8. The second-order valence-electron chi connectivity index (χ2n) is 7.03. The summed E-state index contributed by atoms with van der Waals surface area (Å²) in [6.07, 6.45) is 0.0599. The van der Waals surface area contributed by atoms with E-state index < -0.39 is 18.8 Å². The molecule has 1 saturated heterocycles. The van der Waals surface area contributed by atoms with Gasteiger partial charge in [0.25, 0.3) is 13.5 Å². The van der Waals surface area contributed by atoms with Crippen molar-refractivity contribution in [2.45, 2.75) is 12.5 Å². The summed E-state index contributed by atoms with van der Waals surface area (Å²) in [6.45, 7) is 1.63. The third-order valence-electron chi connectivity index (χ3n) is 3.86. The Morgan fingerprint density at radius 1 is 1.32 bits per heavy atom. The number of quaternary nitrogens is 1. The maximum absolute atomic E-state index is 11.9. The van der Waals surface area contributed by atoms with E-state index in [1.165, 1.54) is 12.1 Å². The lowest BCUT2D eigenvalue weighted by molar-refractivity contribution is -0.870. The van der Waals surface area contributed by atoms with E-state index in [1.807, 2.05) is 26.0 Å². The first-order valence-corrected chi connectivity index (χ1v) is 9.46. The molecule has 2 rings (SSSR count). The maximum Gasteiger partial charge on any atom is 0.269 e. The van der Waals surface area contributed by atoms with Gasteiger partial charge in [-0.05, 0) is 18.6 Å². The van der Waals surface area contributed by atoms with E-state index in [0.29, 0.717) is 30.5 Å². The van der Waals surface area contributed by atoms with Gasteiger partial charge in [-0.3, -0.25) is 14.7 Å². The summed E-state index contributed by atoms with van der Waals surface area (Å²) in [5, 5.41) is 10.7. The predicted molar refractivity (Wildman–Crippen MR) is 91.3 cm³/mol. The van der Waals surface area contributed by atoms with Crippen LogP contribution in [0.15, 0.2) is 24.3 Å². The Morgan fingerprint density at radius 2 is 1.96 bits per heavy atom. The Hall–Kier alpha value is -1.51. The molecule has 140 valence electrons. The summed E-state index contributed by atoms with van der Waals surface area (Å²) in [5.74, 6) is 0. The van der Waals surface area contributed by atoms with Crippen LogP contribution >= 0.6 is 7.82 Å². The zero-order valence-corrected chi connectivity index (χ0v) is 15.6. The minimum absolute atomic E-state index is 0.0189. The summed E-state index contributed by atoms with van der Waals surface area (Å²) < 4.78 is 22.6. The average Bonchev–Trinajstić information content (AvgIpc) is 2.93. The van der Waals surface area contributed by atoms with E-state index in [9.17, 15) is 19.6 Å². The highest BCUT2D eigenvalue weighted by Gasteiger charge is 2.27. The largest absolute Gasteiger partial charge is 0.756 e. The van der Waals surface area contributed by atoms with Gasteiger partial charge in [-0.25, -0.2) is 0 Å². The van der Waals surface area contributed by atoms with E-state index in [1.54, 1.807) is 12.1 Å². The van der Waals surface area contributed by atoms with E-state index in [4.69, 9.17) is 9.05 Å². The first-order chi connectivity index (χ1) is 11.6. The van der Waals surface area contributed by atoms with Crippen LogP contribution < -0.4 is 9.79 Å². The normalized spacial score (nSPS) is 20.5. The topological polar surface area (TPSA) is 105 Å². The molecule has 0 aromatic heterocycles. The number of non-ortho nitro benzene ring substituents is 1. The number of phosphoric acid groups is 1. The highest BCUT2D eigenvalue weighted by molar-refractivity contribution is 7.45. The number of benzene rings is 1. The molecule has 0 saturated carbocycles. The van der Waals surface area contributed by atoms with E-state index in [0.717, 1.165) is 5.69 Å². The zero-order valence-electron chi connectivity index (χ0n) is 14.7. The number of hydrogen-bond donors (Lipinski definition) is 0. The van der Waals surface area contributed by atoms with Crippen molar-refractivity contribution in [2.75, 3.05) is 52.3 Å². The smallest absolute Gasteiger partial charge is 0.269 e. The lowest BCUT2D eigenvalue weighted by Crippen LogP contribution is -2.37. The lowest BCUT2D eigenvalue weighted by atomic mass is 10.2. The van der Waals surface area contributed by atoms with Crippen LogP contribution in [0.2, 0.25) is 0 Å². The fraction of sp³-hybridized carbons (Fsp3) is 0.600. The average molecular weight is 373 g/mol. The van der Waals surface area contributed by atoms with Gasteiger partial charge in [0.1, 0.15) is 13.2 Å². The number of phosphoric ester groups is 1. The monoisotopic (exact) mass is 373 g/mol. The molecule has 1 heterocycles. The number of nitrogens with zero attached hydrogens (tertiary/aromatic N) is 3. The third kappa shape index (κ3) is 6.37. The molecule has 2 unspecified atom stereocenters. The van der Waals surface area contributed by atoms with Crippen LogP contribution in [0, 0.1) is 10.1 Å². The van der Waals surface area contributed by atoms with Crippen molar-refractivity contribution >= 4 is 19.2 Å². The van der Waals surface area contributed by atoms with E-state index in [-0.39, 0.29) is 12.3 Å². The molecule has 0 amide bonds. The molecule has 25 heavy (non-hydrogen) atoms. The van der Waals surface area contributed by atoms with Gasteiger partial charge in [-0.1, -0.05) is 0 Å². The third-order valence-corrected chi connectivity index (χ3v) is 4.92. The first-order valence-electron chi connectivity index (χ1n) is 8.00. The molecule has 0 bridgehead atoms. The molecular formula is C15H24N3O6P. The molecule has 2 atom stereocenters. The van der Waals surface area contributed by atoms with Crippen molar-refractivity contribution in [3.63, 3.8) is 0 Å². The van der Waals surface area contributed by atoms with Crippen LogP contribution in [0.25, 0.3) is 0 Å². The number of nitro benzene ring substituents is 1. The van der Waals surface area contributed by atoms with E-state index in [2.05, 4.69) is 0 Å². The molecule has 0 N–H and O–H groups in total. The minimum Gasteiger partial charge on any atom is -0.756 e. The van der Waals surface area contributed by atoms with Gasteiger partial charge in [0, 0.05) is 30.9 Å². The number of anilines is 1. The molecule has 9 nitrogen and oxygen atoms in total. The van der Waals surface area contributed by atoms with Crippen LogP contribution in [0.3, 0.4) is 0 Å². The summed E-state index contributed by atoms with van der Waals surface area (Å²) in [4.78, 5) is 24.1. The minimum atomic E-state index is -4.34. The fourth-order valence-corrected chi connectivity index (χ4v) is 3.38. The summed E-state index contributed by atoms with van der Waals surface area (Å²) >= 11 is 0. The molecular weight excluding hydrogens is 349 g/mol. The molecule has 0 radical (unpaired) electrons. The summed E-state index contributed by atoms with van der Waals surface area (Å²) in [7, 11) is 1.49. The summed E-state index contributed by atoms with van der Waals surface area (Å²) in [5.41, 5.74) is 0.814. The second-order valence-corrected chi connectivity index (χ2v) is 8.39. The Kier molecular flexibility index (Phi) is 6.18. The Balaban J connectivity index is 1.85. The Bertz CT molecular complexity index is 646. The van der Waals surface area contributed by atoms with Crippen molar-refractivity contribution < 1.29 is 27.9 Å². The SMILES string of the molecule is C[N+](C)(C)CCOP(=O)([O-])OC1CCN(c2ccc([N+](=O)[O-])cc2)C1. The molecule has 1 aliphatic heterocycles. The van der Waals surface area contributed by atoms with Crippen LogP contribution in [-0.2, 0) is 13.6 Å². The second kappa shape index (κ2) is 7.80. The number of likely N-dealkylation sites (N-methyl/N-ethyl adjacent to an activating group) is 1. The van der Waals surface area contributed by atoms with Gasteiger partial charge < -0.3 is 23.3 Å². The van der Waals surface area contributed by atoms with Crippen molar-refractivity contribution in [1.82, 2.24) is 0 Å². The fourth-order valence-electron chi connectivity index (χ4n) is 2.47. The van der Waals surface area contributed by atoms with Gasteiger partial charge in [0.15, 0.2) is 0 Å². The Labute approximate surface area is 147 Å². The molecule has 0 spiro atoms. The highest BCUT2D eigenvalue weighted by atomic mass is 31.2. The summed E-state index contributed by atoms with van der Waals surface area (Å²) in [6, 6.07) is 6.15.